The zero-order chi connectivity index (χ0) is 22.8. The summed E-state index contributed by atoms with van der Waals surface area (Å²) in [5, 5.41) is 3.37. The van der Waals surface area contributed by atoms with Crippen molar-refractivity contribution in [3.63, 3.8) is 0 Å². The second kappa shape index (κ2) is 12.8. The normalized spacial score (nSPS) is 22.8. The van der Waals surface area contributed by atoms with Crippen molar-refractivity contribution < 1.29 is 14.3 Å². The SMILES string of the molecule is CCNC(=NCCCOC1CCN(Cc2ccccc2)CC1)N1CC(C)C(C(=O)OC)C1. The lowest BCUT2D eigenvalue weighted by Gasteiger charge is -2.31. The van der Waals surface area contributed by atoms with Crippen LogP contribution in [0.15, 0.2) is 35.3 Å². The van der Waals surface area contributed by atoms with Crippen LogP contribution in [0.25, 0.3) is 0 Å². The number of guanidine groups is 1. The van der Waals surface area contributed by atoms with E-state index in [1.807, 2.05) is 0 Å². The highest BCUT2D eigenvalue weighted by molar-refractivity contribution is 5.82. The summed E-state index contributed by atoms with van der Waals surface area (Å²) in [6, 6.07) is 10.7. The summed E-state index contributed by atoms with van der Waals surface area (Å²) in [6.07, 6.45) is 3.46. The predicted octanol–water partition coefficient (Wildman–Crippen LogP) is 2.76. The molecule has 0 amide bonds. The van der Waals surface area contributed by atoms with Crippen LogP contribution in [0.2, 0.25) is 0 Å². The molecule has 2 fully saturated rings. The Morgan fingerprint density at radius 1 is 1.19 bits per heavy atom. The molecule has 0 radical (unpaired) electrons. The predicted molar refractivity (Wildman–Crippen MR) is 128 cm³/mol. The molecule has 1 aromatic rings. The van der Waals surface area contributed by atoms with Crippen LogP contribution in [0.3, 0.4) is 0 Å². The molecule has 7 nitrogen and oxygen atoms in total. The summed E-state index contributed by atoms with van der Waals surface area (Å²) in [6.45, 7) is 11.2. The minimum absolute atomic E-state index is 0.0834. The summed E-state index contributed by atoms with van der Waals surface area (Å²) in [5.41, 5.74) is 1.38. The van der Waals surface area contributed by atoms with Gasteiger partial charge in [0.15, 0.2) is 5.96 Å². The Morgan fingerprint density at radius 2 is 1.94 bits per heavy atom. The van der Waals surface area contributed by atoms with Crippen LogP contribution in [0, 0.1) is 11.8 Å². The maximum absolute atomic E-state index is 12.0. The van der Waals surface area contributed by atoms with Crippen molar-refractivity contribution in [3.05, 3.63) is 35.9 Å². The first-order chi connectivity index (χ1) is 15.6. The molecule has 2 aliphatic heterocycles. The lowest BCUT2D eigenvalue weighted by Crippen LogP contribution is -2.40. The van der Waals surface area contributed by atoms with Crippen molar-refractivity contribution in [2.75, 3.05) is 53.0 Å². The number of benzene rings is 1. The summed E-state index contributed by atoms with van der Waals surface area (Å²) in [5.74, 6) is 0.946. The smallest absolute Gasteiger partial charge is 0.310 e. The van der Waals surface area contributed by atoms with Crippen molar-refractivity contribution in [2.45, 2.75) is 45.8 Å². The van der Waals surface area contributed by atoms with E-state index in [2.05, 4.69) is 59.3 Å². The molecule has 0 saturated carbocycles. The number of nitrogens with zero attached hydrogens (tertiary/aromatic N) is 3. The molecule has 1 N–H and O–H groups in total. The fraction of sp³-hybridized carbons (Fsp3) is 0.680. The van der Waals surface area contributed by atoms with Gasteiger partial charge in [-0.2, -0.15) is 0 Å². The highest BCUT2D eigenvalue weighted by Crippen LogP contribution is 2.24. The van der Waals surface area contributed by atoms with Gasteiger partial charge in [0.2, 0.25) is 0 Å². The maximum Gasteiger partial charge on any atom is 0.310 e. The summed E-state index contributed by atoms with van der Waals surface area (Å²) in [4.78, 5) is 21.5. The highest BCUT2D eigenvalue weighted by atomic mass is 16.5. The Morgan fingerprint density at radius 3 is 2.62 bits per heavy atom. The lowest BCUT2D eigenvalue weighted by atomic mass is 9.99. The molecule has 0 spiro atoms. The van der Waals surface area contributed by atoms with E-state index in [1.165, 1.54) is 12.7 Å². The van der Waals surface area contributed by atoms with Crippen molar-refractivity contribution in [1.29, 1.82) is 0 Å². The summed E-state index contributed by atoms with van der Waals surface area (Å²) >= 11 is 0. The second-order valence-electron chi connectivity index (χ2n) is 8.93. The Labute approximate surface area is 193 Å². The summed E-state index contributed by atoms with van der Waals surface area (Å²) < 4.78 is 11.1. The zero-order valence-corrected chi connectivity index (χ0v) is 20.0. The van der Waals surface area contributed by atoms with Crippen LogP contribution in [0.1, 0.15) is 38.7 Å². The number of rotatable bonds is 9. The molecule has 32 heavy (non-hydrogen) atoms. The average Bonchev–Trinajstić information content (AvgIpc) is 3.21. The van der Waals surface area contributed by atoms with Gasteiger partial charge in [-0.25, -0.2) is 0 Å². The molecular formula is C25H40N4O3. The number of aliphatic imine (C=N–C) groups is 1. The molecule has 0 aromatic heterocycles. The van der Waals surface area contributed by atoms with E-state index in [4.69, 9.17) is 14.5 Å². The van der Waals surface area contributed by atoms with Gasteiger partial charge in [0.1, 0.15) is 0 Å². The first-order valence-corrected chi connectivity index (χ1v) is 12.1. The highest BCUT2D eigenvalue weighted by Gasteiger charge is 2.36. The number of carbonyl (C=O) groups excluding carboxylic acids is 1. The molecule has 2 atom stereocenters. The Balaban J connectivity index is 1.35. The van der Waals surface area contributed by atoms with Crippen LogP contribution in [-0.4, -0.2) is 80.8 Å². The molecule has 2 aliphatic rings. The Bertz CT molecular complexity index is 719. The standard InChI is InChI=1S/C25H40N4O3/c1-4-26-25(29-17-20(2)23(19-29)24(30)31-3)27-13-8-16-32-22-11-14-28(15-12-22)18-21-9-6-5-7-10-21/h5-7,9-10,20,22-23H,4,8,11-19H2,1-3H3,(H,26,27). The molecular weight excluding hydrogens is 404 g/mol. The van der Waals surface area contributed by atoms with Crippen LogP contribution in [0.4, 0.5) is 0 Å². The molecule has 0 aliphatic carbocycles. The Kier molecular flexibility index (Phi) is 9.81. The lowest BCUT2D eigenvalue weighted by molar-refractivity contribution is -0.145. The van der Waals surface area contributed by atoms with Gasteiger partial charge in [-0.15, -0.1) is 0 Å². The van der Waals surface area contributed by atoms with Crippen LogP contribution in [-0.2, 0) is 20.8 Å². The first kappa shape index (κ1) is 24.5. The minimum atomic E-state index is -0.126. The third-order valence-electron chi connectivity index (χ3n) is 6.45. The van der Waals surface area contributed by atoms with Crippen molar-refractivity contribution in [3.8, 4) is 0 Å². The van der Waals surface area contributed by atoms with Gasteiger partial charge >= 0.3 is 5.97 Å². The quantitative estimate of drug-likeness (QED) is 0.273. The van der Waals surface area contributed by atoms with E-state index in [-0.39, 0.29) is 17.8 Å². The monoisotopic (exact) mass is 444 g/mol. The van der Waals surface area contributed by atoms with Crippen molar-refractivity contribution >= 4 is 11.9 Å². The van der Waals surface area contributed by atoms with Gasteiger partial charge in [-0.05, 0) is 37.7 Å². The number of carbonyl (C=O) groups is 1. The van der Waals surface area contributed by atoms with E-state index in [1.54, 1.807) is 0 Å². The van der Waals surface area contributed by atoms with Gasteiger partial charge in [0.25, 0.3) is 0 Å². The number of esters is 1. The molecule has 178 valence electrons. The second-order valence-corrected chi connectivity index (χ2v) is 8.93. The molecule has 2 saturated heterocycles. The van der Waals surface area contributed by atoms with E-state index in [9.17, 15) is 4.79 Å². The number of likely N-dealkylation sites (tertiary alicyclic amines) is 2. The molecule has 3 rings (SSSR count). The van der Waals surface area contributed by atoms with E-state index in [0.29, 0.717) is 12.6 Å². The largest absolute Gasteiger partial charge is 0.469 e. The molecule has 1 aromatic carbocycles. The van der Waals surface area contributed by atoms with E-state index < -0.39 is 0 Å². The fourth-order valence-corrected chi connectivity index (χ4v) is 4.60. The van der Waals surface area contributed by atoms with Gasteiger partial charge in [0, 0.05) is 52.4 Å². The fourth-order valence-electron chi connectivity index (χ4n) is 4.60. The van der Waals surface area contributed by atoms with Gasteiger partial charge in [-0.1, -0.05) is 37.3 Å². The number of hydrogen-bond acceptors (Lipinski definition) is 5. The van der Waals surface area contributed by atoms with Crippen molar-refractivity contribution in [1.82, 2.24) is 15.1 Å². The van der Waals surface area contributed by atoms with Gasteiger partial charge in [0.05, 0.1) is 19.1 Å². The summed E-state index contributed by atoms with van der Waals surface area (Å²) in [7, 11) is 1.46. The number of methoxy groups -OCH3 is 1. The van der Waals surface area contributed by atoms with Crippen LogP contribution < -0.4 is 5.32 Å². The third kappa shape index (κ3) is 7.20. The number of nitrogens with one attached hydrogen (secondary N) is 1. The van der Waals surface area contributed by atoms with Crippen molar-refractivity contribution in [2.24, 2.45) is 16.8 Å². The molecule has 2 heterocycles. The molecule has 2 unspecified atom stereocenters. The zero-order valence-electron chi connectivity index (χ0n) is 20.0. The first-order valence-electron chi connectivity index (χ1n) is 12.1. The topological polar surface area (TPSA) is 66.4 Å². The van der Waals surface area contributed by atoms with Crippen LogP contribution in [0.5, 0.6) is 0 Å². The Hall–Kier alpha value is -2.12. The molecule has 0 bridgehead atoms. The van der Waals surface area contributed by atoms with Gasteiger partial charge < -0.3 is 19.7 Å². The van der Waals surface area contributed by atoms with Gasteiger partial charge in [-0.3, -0.25) is 14.7 Å². The van der Waals surface area contributed by atoms with E-state index >= 15 is 0 Å². The minimum Gasteiger partial charge on any atom is -0.469 e. The number of ether oxygens (including phenoxy) is 2. The van der Waals surface area contributed by atoms with E-state index in [0.717, 1.165) is 71.1 Å². The molecule has 7 heteroatoms. The maximum atomic E-state index is 12.0. The average molecular weight is 445 g/mol. The number of hydrogen-bond donors (Lipinski definition) is 1. The number of piperidine rings is 1. The third-order valence-corrected chi connectivity index (χ3v) is 6.45. The van der Waals surface area contributed by atoms with Crippen LogP contribution >= 0.6 is 0 Å².